The first-order chi connectivity index (χ1) is 9.19. The van der Waals surface area contributed by atoms with Gasteiger partial charge in [0.25, 0.3) is 0 Å². The van der Waals surface area contributed by atoms with Crippen LogP contribution in [0.25, 0.3) is 0 Å². The van der Waals surface area contributed by atoms with E-state index in [9.17, 15) is 4.79 Å². The molecule has 0 aliphatic heterocycles. The van der Waals surface area contributed by atoms with Crippen LogP contribution < -0.4 is 5.32 Å². The summed E-state index contributed by atoms with van der Waals surface area (Å²) in [6.45, 7) is 3.79. The molecule has 1 heterocycles. The molecule has 0 saturated heterocycles. The van der Waals surface area contributed by atoms with Gasteiger partial charge in [-0.1, -0.05) is 31.3 Å². The number of carboxylic acids is 1. The van der Waals surface area contributed by atoms with E-state index in [0.717, 1.165) is 18.4 Å². The van der Waals surface area contributed by atoms with Crippen LogP contribution >= 0.6 is 0 Å². The van der Waals surface area contributed by atoms with Gasteiger partial charge in [0.15, 0.2) is 11.5 Å². The van der Waals surface area contributed by atoms with Gasteiger partial charge in [0, 0.05) is 6.07 Å². The Morgan fingerprint density at radius 2 is 2.11 bits per heavy atom. The van der Waals surface area contributed by atoms with Crippen molar-refractivity contribution in [2.24, 2.45) is 11.8 Å². The van der Waals surface area contributed by atoms with Gasteiger partial charge in [-0.3, -0.25) is 0 Å². The second kappa shape index (κ2) is 6.70. The molecule has 106 valence electrons. The molecule has 1 aromatic rings. The number of rotatable bonds is 6. The van der Waals surface area contributed by atoms with Crippen LogP contribution in [0, 0.1) is 11.8 Å². The zero-order valence-electron chi connectivity index (χ0n) is 11.4. The SMILES string of the molecule is CCC1CCC(CNCc2cc(C(=O)O)no2)CC1. The molecule has 0 spiro atoms. The summed E-state index contributed by atoms with van der Waals surface area (Å²) in [5, 5.41) is 15.6. The topological polar surface area (TPSA) is 75.4 Å². The molecule has 1 fully saturated rings. The lowest BCUT2D eigenvalue weighted by Crippen LogP contribution is -2.26. The Labute approximate surface area is 113 Å². The summed E-state index contributed by atoms with van der Waals surface area (Å²) >= 11 is 0. The van der Waals surface area contributed by atoms with Crippen molar-refractivity contribution in [2.45, 2.75) is 45.6 Å². The first-order valence-corrected chi connectivity index (χ1v) is 7.08. The molecule has 1 aromatic heterocycles. The second-order valence-electron chi connectivity index (χ2n) is 5.41. The normalized spacial score (nSPS) is 23.4. The van der Waals surface area contributed by atoms with Crippen LogP contribution in [0.15, 0.2) is 10.6 Å². The lowest BCUT2D eigenvalue weighted by Gasteiger charge is -2.27. The maximum absolute atomic E-state index is 10.7. The summed E-state index contributed by atoms with van der Waals surface area (Å²) in [5.74, 6) is 1.20. The first kappa shape index (κ1) is 14.1. The first-order valence-electron chi connectivity index (χ1n) is 7.08. The van der Waals surface area contributed by atoms with Crippen molar-refractivity contribution in [3.8, 4) is 0 Å². The predicted octanol–water partition coefficient (Wildman–Crippen LogP) is 2.68. The van der Waals surface area contributed by atoms with Crippen molar-refractivity contribution < 1.29 is 14.4 Å². The number of nitrogens with one attached hydrogen (secondary N) is 1. The van der Waals surface area contributed by atoms with Crippen LogP contribution in [-0.2, 0) is 6.54 Å². The van der Waals surface area contributed by atoms with Gasteiger partial charge < -0.3 is 14.9 Å². The fraction of sp³-hybridized carbons (Fsp3) is 0.714. The molecule has 5 heteroatoms. The predicted molar refractivity (Wildman–Crippen MR) is 70.9 cm³/mol. The van der Waals surface area contributed by atoms with Crippen LogP contribution in [0.1, 0.15) is 55.3 Å². The number of hydrogen-bond acceptors (Lipinski definition) is 4. The Morgan fingerprint density at radius 3 is 2.68 bits per heavy atom. The lowest BCUT2D eigenvalue weighted by molar-refractivity contribution is 0.0685. The van der Waals surface area contributed by atoms with Crippen LogP contribution in [0.4, 0.5) is 0 Å². The summed E-state index contributed by atoms with van der Waals surface area (Å²) in [4.78, 5) is 10.7. The molecule has 5 nitrogen and oxygen atoms in total. The van der Waals surface area contributed by atoms with Gasteiger partial charge in [0.2, 0.25) is 0 Å². The van der Waals surface area contributed by atoms with E-state index in [1.165, 1.54) is 38.2 Å². The average Bonchev–Trinajstić information content (AvgIpc) is 2.89. The molecule has 0 atom stereocenters. The number of aromatic carboxylic acids is 1. The minimum atomic E-state index is -1.05. The van der Waals surface area contributed by atoms with E-state index in [2.05, 4.69) is 17.4 Å². The lowest BCUT2D eigenvalue weighted by atomic mass is 9.81. The van der Waals surface area contributed by atoms with Crippen LogP contribution in [0.3, 0.4) is 0 Å². The Bertz CT molecular complexity index is 409. The Morgan fingerprint density at radius 1 is 1.42 bits per heavy atom. The molecule has 0 aromatic carbocycles. The van der Waals surface area contributed by atoms with E-state index in [-0.39, 0.29) is 5.69 Å². The molecule has 1 aliphatic carbocycles. The van der Waals surface area contributed by atoms with Gasteiger partial charge in [-0.2, -0.15) is 0 Å². The Hall–Kier alpha value is -1.36. The molecule has 19 heavy (non-hydrogen) atoms. The third-order valence-electron chi connectivity index (χ3n) is 4.05. The van der Waals surface area contributed by atoms with Crippen molar-refractivity contribution in [1.82, 2.24) is 10.5 Å². The highest BCUT2D eigenvalue weighted by atomic mass is 16.5. The molecule has 2 rings (SSSR count). The zero-order valence-corrected chi connectivity index (χ0v) is 11.4. The second-order valence-corrected chi connectivity index (χ2v) is 5.41. The van der Waals surface area contributed by atoms with Gasteiger partial charge in [-0.25, -0.2) is 4.79 Å². The van der Waals surface area contributed by atoms with Crippen LogP contribution in [0.2, 0.25) is 0 Å². The van der Waals surface area contributed by atoms with E-state index in [1.807, 2.05) is 0 Å². The molecule has 1 aliphatic rings. The van der Waals surface area contributed by atoms with Crippen molar-refractivity contribution in [2.75, 3.05) is 6.54 Å². The van der Waals surface area contributed by atoms with Gasteiger partial charge in [-0.05, 0) is 31.2 Å². The Balaban J connectivity index is 1.67. The Kier molecular flexibility index (Phi) is 4.96. The third kappa shape index (κ3) is 4.06. The molecule has 0 radical (unpaired) electrons. The minimum absolute atomic E-state index is 0.0275. The van der Waals surface area contributed by atoms with Crippen molar-refractivity contribution in [1.29, 1.82) is 0 Å². The average molecular weight is 266 g/mol. The highest BCUT2D eigenvalue weighted by molar-refractivity contribution is 5.85. The highest BCUT2D eigenvalue weighted by Gasteiger charge is 2.19. The largest absolute Gasteiger partial charge is 0.476 e. The van der Waals surface area contributed by atoms with E-state index >= 15 is 0 Å². The van der Waals surface area contributed by atoms with Crippen molar-refractivity contribution in [3.63, 3.8) is 0 Å². The summed E-state index contributed by atoms with van der Waals surface area (Å²) in [5.41, 5.74) is -0.0275. The van der Waals surface area contributed by atoms with Crippen molar-refractivity contribution >= 4 is 5.97 Å². The van der Waals surface area contributed by atoms with Gasteiger partial charge in [0.05, 0.1) is 6.54 Å². The number of carbonyl (C=O) groups is 1. The van der Waals surface area contributed by atoms with Gasteiger partial charge >= 0.3 is 5.97 Å². The van der Waals surface area contributed by atoms with E-state index < -0.39 is 5.97 Å². The molecule has 0 unspecified atom stereocenters. The molecule has 0 amide bonds. The smallest absolute Gasteiger partial charge is 0.358 e. The maximum atomic E-state index is 10.7. The number of carboxylic acid groups (broad SMARTS) is 1. The number of hydrogen-bond donors (Lipinski definition) is 2. The zero-order chi connectivity index (χ0) is 13.7. The summed E-state index contributed by atoms with van der Waals surface area (Å²) in [6.07, 6.45) is 6.57. The summed E-state index contributed by atoms with van der Waals surface area (Å²) < 4.78 is 4.96. The van der Waals surface area contributed by atoms with Crippen LogP contribution in [-0.4, -0.2) is 22.8 Å². The van der Waals surface area contributed by atoms with Crippen molar-refractivity contribution in [3.05, 3.63) is 17.5 Å². The van der Waals surface area contributed by atoms with E-state index in [4.69, 9.17) is 9.63 Å². The standard InChI is InChI=1S/C14H22N2O3/c1-2-10-3-5-11(6-4-10)8-15-9-12-7-13(14(17)18)16-19-12/h7,10-11,15H,2-6,8-9H2,1H3,(H,17,18). The highest BCUT2D eigenvalue weighted by Crippen LogP contribution is 2.30. The van der Waals surface area contributed by atoms with Gasteiger partial charge in [-0.15, -0.1) is 0 Å². The monoisotopic (exact) mass is 266 g/mol. The quantitative estimate of drug-likeness (QED) is 0.828. The number of nitrogens with zero attached hydrogens (tertiary/aromatic N) is 1. The molecule has 0 bridgehead atoms. The fourth-order valence-electron chi connectivity index (χ4n) is 2.74. The molecule has 1 saturated carbocycles. The minimum Gasteiger partial charge on any atom is -0.476 e. The fourth-order valence-corrected chi connectivity index (χ4v) is 2.74. The third-order valence-corrected chi connectivity index (χ3v) is 4.05. The molecule has 2 N–H and O–H groups in total. The maximum Gasteiger partial charge on any atom is 0.358 e. The van der Waals surface area contributed by atoms with E-state index in [1.54, 1.807) is 0 Å². The summed E-state index contributed by atoms with van der Waals surface area (Å²) in [6, 6.07) is 1.48. The summed E-state index contributed by atoms with van der Waals surface area (Å²) in [7, 11) is 0. The number of aromatic nitrogens is 1. The van der Waals surface area contributed by atoms with Crippen LogP contribution in [0.5, 0.6) is 0 Å². The van der Waals surface area contributed by atoms with Gasteiger partial charge in [0.1, 0.15) is 0 Å². The molecular weight excluding hydrogens is 244 g/mol. The van der Waals surface area contributed by atoms with E-state index in [0.29, 0.717) is 12.3 Å². The molecular formula is C14H22N2O3.